The lowest BCUT2D eigenvalue weighted by atomic mass is 9.95. The average molecular weight is 141 g/mol. The van der Waals surface area contributed by atoms with Crippen LogP contribution in [0.4, 0.5) is 0 Å². The summed E-state index contributed by atoms with van der Waals surface area (Å²) >= 11 is 0. The molecule has 0 saturated carbocycles. The Kier molecular flexibility index (Phi) is 2.04. The highest BCUT2D eigenvalue weighted by Gasteiger charge is 2.17. The van der Waals surface area contributed by atoms with Gasteiger partial charge in [0.25, 0.3) is 0 Å². The van der Waals surface area contributed by atoms with Crippen molar-refractivity contribution in [3.63, 3.8) is 0 Å². The number of allylic oxidation sites excluding steroid dienone is 2. The predicted octanol–water partition coefficient (Wildman–Crippen LogP) is 1.97. The van der Waals surface area contributed by atoms with Crippen molar-refractivity contribution in [3.05, 3.63) is 21.9 Å². The highest BCUT2D eigenvalue weighted by molar-refractivity contribution is 4.96. The van der Waals surface area contributed by atoms with E-state index in [2.05, 4.69) is 6.92 Å². The molecule has 0 unspecified atom stereocenters. The Labute approximate surface area is 59.9 Å². The van der Waals surface area contributed by atoms with Crippen molar-refractivity contribution < 1.29 is 4.92 Å². The van der Waals surface area contributed by atoms with Crippen molar-refractivity contribution >= 4 is 0 Å². The summed E-state index contributed by atoms with van der Waals surface area (Å²) in [7, 11) is 0. The molecule has 10 heavy (non-hydrogen) atoms. The molecule has 0 radical (unpaired) electrons. The van der Waals surface area contributed by atoms with E-state index in [0.29, 0.717) is 18.0 Å². The van der Waals surface area contributed by atoms with E-state index in [9.17, 15) is 10.1 Å². The second-order valence-electron chi connectivity index (χ2n) is 2.83. The smallest absolute Gasteiger partial charge is 0.242 e. The van der Waals surface area contributed by atoms with Crippen molar-refractivity contribution in [2.75, 3.05) is 0 Å². The van der Waals surface area contributed by atoms with E-state index >= 15 is 0 Å². The molecule has 0 N–H and O–H groups in total. The maximum atomic E-state index is 10.2. The Balaban J connectivity index is 2.56. The summed E-state index contributed by atoms with van der Waals surface area (Å²) in [6.45, 7) is 2.12. The fourth-order valence-corrected chi connectivity index (χ4v) is 1.12. The van der Waals surface area contributed by atoms with Crippen LogP contribution in [0.3, 0.4) is 0 Å². The topological polar surface area (TPSA) is 43.1 Å². The Morgan fingerprint density at radius 3 is 2.90 bits per heavy atom. The molecule has 1 rings (SSSR count). The number of nitrogens with zero attached hydrogens (tertiary/aromatic N) is 1. The fourth-order valence-electron chi connectivity index (χ4n) is 1.12. The van der Waals surface area contributed by atoms with Gasteiger partial charge in [0.2, 0.25) is 5.70 Å². The Morgan fingerprint density at radius 1 is 1.80 bits per heavy atom. The minimum Gasteiger partial charge on any atom is -0.259 e. The lowest BCUT2D eigenvalue weighted by Gasteiger charge is -2.11. The Morgan fingerprint density at radius 2 is 2.50 bits per heavy atom. The zero-order valence-electron chi connectivity index (χ0n) is 6.04. The van der Waals surface area contributed by atoms with Crippen LogP contribution in [0.25, 0.3) is 0 Å². The van der Waals surface area contributed by atoms with Gasteiger partial charge < -0.3 is 0 Å². The van der Waals surface area contributed by atoms with Gasteiger partial charge in [-0.15, -0.1) is 0 Å². The van der Waals surface area contributed by atoms with Crippen LogP contribution in [0, 0.1) is 16.0 Å². The maximum Gasteiger partial charge on any atom is 0.242 e. The van der Waals surface area contributed by atoms with Gasteiger partial charge in [0.15, 0.2) is 0 Å². The highest BCUT2D eigenvalue weighted by Crippen LogP contribution is 2.22. The van der Waals surface area contributed by atoms with Gasteiger partial charge in [-0.25, -0.2) is 0 Å². The lowest BCUT2D eigenvalue weighted by Crippen LogP contribution is -2.07. The van der Waals surface area contributed by atoms with E-state index in [4.69, 9.17) is 0 Å². The molecule has 0 spiro atoms. The van der Waals surface area contributed by atoms with Gasteiger partial charge in [-0.3, -0.25) is 10.1 Å². The van der Waals surface area contributed by atoms with Gasteiger partial charge in [0.1, 0.15) is 0 Å². The molecule has 0 aliphatic heterocycles. The molecule has 3 nitrogen and oxygen atoms in total. The summed E-state index contributed by atoms with van der Waals surface area (Å²) in [5.74, 6) is 0.628. The largest absolute Gasteiger partial charge is 0.259 e. The molecule has 0 heterocycles. The summed E-state index contributed by atoms with van der Waals surface area (Å²) in [6, 6.07) is 0. The molecule has 0 amide bonds. The van der Waals surface area contributed by atoms with Gasteiger partial charge in [0.05, 0.1) is 4.92 Å². The Bertz CT molecular complexity index is 174. The number of nitro groups is 1. The van der Waals surface area contributed by atoms with Gasteiger partial charge in [-0.1, -0.05) is 6.92 Å². The molecule has 0 aromatic heterocycles. The molecule has 56 valence electrons. The van der Waals surface area contributed by atoms with Gasteiger partial charge in [-0.05, 0) is 24.8 Å². The first-order valence-electron chi connectivity index (χ1n) is 3.53. The molecule has 1 aliphatic carbocycles. The predicted molar refractivity (Wildman–Crippen MR) is 38.1 cm³/mol. The first-order chi connectivity index (χ1) is 4.70. The number of rotatable bonds is 1. The first kappa shape index (κ1) is 7.25. The van der Waals surface area contributed by atoms with Crippen molar-refractivity contribution in [1.29, 1.82) is 0 Å². The number of hydrogen-bond donors (Lipinski definition) is 0. The quantitative estimate of drug-likeness (QED) is 0.414. The average Bonchev–Trinajstić information content (AvgIpc) is 1.88. The second-order valence-corrected chi connectivity index (χ2v) is 2.83. The third-order valence-corrected chi connectivity index (χ3v) is 1.88. The fraction of sp³-hybridized carbons (Fsp3) is 0.714. The minimum absolute atomic E-state index is 0.272. The SMILES string of the molecule is C[C@H]1CC=C([N+](=O)[O-])CC1. The third-order valence-electron chi connectivity index (χ3n) is 1.88. The van der Waals surface area contributed by atoms with Gasteiger partial charge in [0, 0.05) is 6.42 Å². The summed E-state index contributed by atoms with van der Waals surface area (Å²) in [4.78, 5) is 9.93. The van der Waals surface area contributed by atoms with Gasteiger partial charge >= 0.3 is 0 Å². The molecule has 0 aromatic carbocycles. The number of hydrogen-bond acceptors (Lipinski definition) is 2. The van der Waals surface area contributed by atoms with E-state index in [-0.39, 0.29) is 4.92 Å². The molecule has 3 heteroatoms. The van der Waals surface area contributed by atoms with E-state index in [0.717, 1.165) is 12.8 Å². The van der Waals surface area contributed by atoms with Crippen LogP contribution in [0.5, 0.6) is 0 Å². The molecule has 0 saturated heterocycles. The molecule has 0 fully saturated rings. The van der Waals surface area contributed by atoms with Crippen LogP contribution in [-0.4, -0.2) is 4.92 Å². The van der Waals surface area contributed by atoms with Crippen LogP contribution in [0.15, 0.2) is 11.8 Å². The van der Waals surface area contributed by atoms with Crippen molar-refractivity contribution in [2.45, 2.75) is 26.2 Å². The molecular formula is C7H11NO2. The molecule has 1 atom stereocenters. The first-order valence-corrected chi connectivity index (χ1v) is 3.53. The minimum atomic E-state index is -0.272. The van der Waals surface area contributed by atoms with Gasteiger partial charge in [-0.2, -0.15) is 0 Å². The third kappa shape index (κ3) is 1.56. The summed E-state index contributed by atoms with van der Waals surface area (Å²) in [6.07, 6.45) is 4.23. The van der Waals surface area contributed by atoms with E-state index < -0.39 is 0 Å². The van der Waals surface area contributed by atoms with E-state index in [1.54, 1.807) is 6.08 Å². The van der Waals surface area contributed by atoms with Crippen LogP contribution in [0.2, 0.25) is 0 Å². The van der Waals surface area contributed by atoms with Crippen LogP contribution >= 0.6 is 0 Å². The molecule has 0 aromatic rings. The molecular weight excluding hydrogens is 130 g/mol. The zero-order valence-corrected chi connectivity index (χ0v) is 6.04. The van der Waals surface area contributed by atoms with E-state index in [1.165, 1.54) is 0 Å². The summed E-state index contributed by atoms with van der Waals surface area (Å²) in [5, 5.41) is 10.2. The zero-order chi connectivity index (χ0) is 7.56. The summed E-state index contributed by atoms with van der Waals surface area (Å²) < 4.78 is 0. The van der Waals surface area contributed by atoms with Crippen LogP contribution < -0.4 is 0 Å². The Hall–Kier alpha value is -0.860. The van der Waals surface area contributed by atoms with Crippen LogP contribution in [0.1, 0.15) is 26.2 Å². The second kappa shape index (κ2) is 2.82. The molecule has 0 bridgehead atoms. The highest BCUT2D eigenvalue weighted by atomic mass is 16.6. The monoisotopic (exact) mass is 141 g/mol. The molecule has 1 aliphatic rings. The maximum absolute atomic E-state index is 10.2. The normalized spacial score (nSPS) is 25.7. The van der Waals surface area contributed by atoms with E-state index in [1.807, 2.05) is 0 Å². The standard InChI is InChI=1S/C7H11NO2/c1-6-2-4-7(5-3-6)8(9)10/h4,6H,2-3,5H2,1H3/t6-/m0/s1. The van der Waals surface area contributed by atoms with Crippen LogP contribution in [-0.2, 0) is 0 Å². The van der Waals surface area contributed by atoms with Crippen molar-refractivity contribution in [2.24, 2.45) is 5.92 Å². The summed E-state index contributed by atoms with van der Waals surface area (Å²) in [5.41, 5.74) is 0.401. The van der Waals surface area contributed by atoms with Crippen molar-refractivity contribution in [3.8, 4) is 0 Å². The lowest BCUT2D eigenvalue weighted by molar-refractivity contribution is -0.429. The van der Waals surface area contributed by atoms with Crippen molar-refractivity contribution in [1.82, 2.24) is 0 Å².